The van der Waals surface area contributed by atoms with Gasteiger partial charge in [0.15, 0.2) is 11.0 Å². The molecule has 1 N–H and O–H groups in total. The number of benzene rings is 2. The van der Waals surface area contributed by atoms with E-state index < -0.39 is 0 Å². The maximum Gasteiger partial charge on any atom is 0.234 e. The summed E-state index contributed by atoms with van der Waals surface area (Å²) in [5.41, 5.74) is 4.01. The zero-order valence-electron chi connectivity index (χ0n) is 22.8. The van der Waals surface area contributed by atoms with Crippen LogP contribution in [0.5, 0.6) is 11.5 Å². The minimum absolute atomic E-state index is 0.109. The highest BCUT2D eigenvalue weighted by Crippen LogP contribution is 2.35. The van der Waals surface area contributed by atoms with Crippen molar-refractivity contribution in [1.29, 1.82) is 0 Å². The number of ether oxygens (including phenoxy) is 2. The van der Waals surface area contributed by atoms with Crippen molar-refractivity contribution >= 4 is 39.3 Å². The van der Waals surface area contributed by atoms with E-state index in [2.05, 4.69) is 68.9 Å². The van der Waals surface area contributed by atoms with Crippen LogP contribution in [0.15, 0.2) is 40.0 Å². The lowest BCUT2D eigenvalue weighted by Gasteiger charge is -2.25. The molecule has 0 unspecified atom stereocenters. The molecule has 1 amide bonds. The van der Waals surface area contributed by atoms with Gasteiger partial charge in [0.2, 0.25) is 5.91 Å². The molecule has 3 aromatic rings. The van der Waals surface area contributed by atoms with E-state index in [1.54, 1.807) is 7.11 Å². The molecule has 38 heavy (non-hydrogen) atoms. The van der Waals surface area contributed by atoms with Crippen molar-refractivity contribution in [2.75, 3.05) is 18.2 Å². The zero-order chi connectivity index (χ0) is 27.2. The van der Waals surface area contributed by atoms with E-state index in [0.29, 0.717) is 30.0 Å². The van der Waals surface area contributed by atoms with Crippen LogP contribution in [0, 0.1) is 13.8 Å². The van der Waals surface area contributed by atoms with E-state index >= 15 is 0 Å². The van der Waals surface area contributed by atoms with E-state index in [0.717, 1.165) is 50.7 Å². The number of nitrogens with one attached hydrogen (secondary N) is 1. The third-order valence-corrected chi connectivity index (χ3v) is 8.70. The molecule has 2 aromatic carbocycles. The molecule has 0 saturated heterocycles. The summed E-state index contributed by atoms with van der Waals surface area (Å²) < 4.78 is 15.1. The second-order valence-electron chi connectivity index (χ2n) is 10.2. The number of rotatable bonds is 10. The second kappa shape index (κ2) is 13.0. The fourth-order valence-electron chi connectivity index (χ4n) is 4.84. The quantitative estimate of drug-likeness (QED) is 0.241. The maximum absolute atomic E-state index is 12.9. The van der Waals surface area contributed by atoms with E-state index in [-0.39, 0.29) is 11.7 Å². The molecular formula is C29H37BrN4O3S. The standard InChI is InChI=1S/C29H37BrN4O3S/c1-18(2)22-15-23(30)20(4)14-26(22)37-16-27-32-33-29(34(27)21-9-7-6-8-10-21)38-17-28(35)31-24-13-19(3)11-12-25(24)36-5/h11-15,18,21H,6-10,16-17H2,1-5H3,(H,31,35). The molecule has 1 saturated carbocycles. The second-order valence-corrected chi connectivity index (χ2v) is 12.0. The highest BCUT2D eigenvalue weighted by atomic mass is 79.9. The summed E-state index contributed by atoms with van der Waals surface area (Å²) in [6, 6.07) is 10.3. The van der Waals surface area contributed by atoms with Crippen LogP contribution in [0.4, 0.5) is 5.69 Å². The predicted octanol–water partition coefficient (Wildman–Crippen LogP) is 7.60. The van der Waals surface area contributed by atoms with Crippen LogP contribution in [-0.2, 0) is 11.4 Å². The van der Waals surface area contributed by atoms with Crippen LogP contribution >= 0.6 is 27.7 Å². The number of hydrogen-bond donors (Lipinski definition) is 1. The molecular weight excluding hydrogens is 564 g/mol. The lowest BCUT2D eigenvalue weighted by atomic mass is 9.95. The normalized spacial score (nSPS) is 14.1. The molecule has 4 rings (SSSR count). The van der Waals surface area contributed by atoms with Gasteiger partial charge in [-0.2, -0.15) is 0 Å². The van der Waals surface area contributed by atoms with Crippen LogP contribution in [-0.4, -0.2) is 33.5 Å². The van der Waals surface area contributed by atoms with Gasteiger partial charge in [0, 0.05) is 10.5 Å². The molecule has 1 aliphatic rings. The Morgan fingerprint density at radius 1 is 1.13 bits per heavy atom. The molecule has 0 bridgehead atoms. The fourth-order valence-corrected chi connectivity index (χ4v) is 6.02. The van der Waals surface area contributed by atoms with Gasteiger partial charge in [-0.3, -0.25) is 9.36 Å². The van der Waals surface area contributed by atoms with Crippen molar-refractivity contribution in [2.24, 2.45) is 0 Å². The van der Waals surface area contributed by atoms with Gasteiger partial charge in [-0.25, -0.2) is 0 Å². The van der Waals surface area contributed by atoms with Crippen LogP contribution in [0.3, 0.4) is 0 Å². The van der Waals surface area contributed by atoms with Crippen molar-refractivity contribution in [3.63, 3.8) is 0 Å². The summed E-state index contributed by atoms with van der Waals surface area (Å²) in [4.78, 5) is 12.9. The molecule has 0 spiro atoms. The average Bonchev–Trinajstić information content (AvgIpc) is 3.31. The van der Waals surface area contributed by atoms with Crippen molar-refractivity contribution in [1.82, 2.24) is 14.8 Å². The third-order valence-electron chi connectivity index (χ3n) is 6.91. The highest BCUT2D eigenvalue weighted by Gasteiger charge is 2.24. The van der Waals surface area contributed by atoms with Gasteiger partial charge >= 0.3 is 0 Å². The molecule has 7 nitrogen and oxygen atoms in total. The minimum atomic E-state index is -0.109. The number of carbonyl (C=O) groups is 1. The Labute approximate surface area is 238 Å². The van der Waals surface area contributed by atoms with E-state index in [1.807, 2.05) is 25.1 Å². The van der Waals surface area contributed by atoms with E-state index in [9.17, 15) is 4.79 Å². The first-order chi connectivity index (χ1) is 18.3. The molecule has 0 aliphatic heterocycles. The molecule has 0 atom stereocenters. The average molecular weight is 602 g/mol. The molecule has 1 fully saturated rings. The van der Waals surface area contributed by atoms with Crippen molar-refractivity contribution in [3.8, 4) is 11.5 Å². The van der Waals surface area contributed by atoms with Crippen molar-refractivity contribution in [2.45, 2.75) is 83.5 Å². The molecule has 1 aromatic heterocycles. The monoisotopic (exact) mass is 600 g/mol. The summed E-state index contributed by atoms with van der Waals surface area (Å²) in [7, 11) is 1.60. The number of thioether (sulfide) groups is 1. The largest absolute Gasteiger partial charge is 0.495 e. The summed E-state index contributed by atoms with van der Waals surface area (Å²) in [6.07, 6.45) is 5.79. The number of carbonyl (C=O) groups excluding carboxylic acids is 1. The summed E-state index contributed by atoms with van der Waals surface area (Å²) in [6.45, 7) is 8.72. The fraction of sp³-hybridized carbons (Fsp3) is 0.483. The topological polar surface area (TPSA) is 78.3 Å². The number of halogens is 1. The van der Waals surface area contributed by atoms with Crippen LogP contribution in [0.1, 0.15) is 80.4 Å². The molecule has 0 radical (unpaired) electrons. The van der Waals surface area contributed by atoms with Gasteiger partial charge in [-0.15, -0.1) is 10.2 Å². The first-order valence-corrected chi connectivity index (χ1v) is 15.0. The molecule has 204 valence electrons. The number of anilines is 1. The Kier molecular flexibility index (Phi) is 9.76. The van der Waals surface area contributed by atoms with Gasteiger partial charge in [-0.1, -0.05) is 66.9 Å². The number of aryl methyl sites for hydroxylation is 2. The number of hydrogen-bond acceptors (Lipinski definition) is 6. The van der Waals surface area contributed by atoms with Gasteiger partial charge in [0.25, 0.3) is 0 Å². The number of amides is 1. The summed E-state index contributed by atoms with van der Waals surface area (Å²) in [5, 5.41) is 12.8. The Morgan fingerprint density at radius 2 is 1.89 bits per heavy atom. The predicted molar refractivity (Wildman–Crippen MR) is 157 cm³/mol. The van der Waals surface area contributed by atoms with Gasteiger partial charge in [0.05, 0.1) is 18.6 Å². The Hall–Kier alpha value is -2.52. The summed E-state index contributed by atoms with van der Waals surface area (Å²) >= 11 is 5.06. The van der Waals surface area contributed by atoms with Gasteiger partial charge < -0.3 is 14.8 Å². The van der Waals surface area contributed by atoms with Gasteiger partial charge in [0.1, 0.15) is 18.1 Å². The first-order valence-electron chi connectivity index (χ1n) is 13.2. The minimum Gasteiger partial charge on any atom is -0.495 e. The zero-order valence-corrected chi connectivity index (χ0v) is 25.2. The van der Waals surface area contributed by atoms with Crippen molar-refractivity contribution < 1.29 is 14.3 Å². The number of methoxy groups -OCH3 is 1. The lowest BCUT2D eigenvalue weighted by molar-refractivity contribution is -0.113. The Bertz CT molecular complexity index is 1270. The van der Waals surface area contributed by atoms with E-state index in [1.165, 1.54) is 31.0 Å². The summed E-state index contributed by atoms with van der Waals surface area (Å²) in [5.74, 6) is 2.76. The Balaban J connectivity index is 1.51. The van der Waals surface area contributed by atoms with Crippen LogP contribution in [0.2, 0.25) is 0 Å². The lowest BCUT2D eigenvalue weighted by Crippen LogP contribution is -2.19. The SMILES string of the molecule is COc1ccc(C)cc1NC(=O)CSc1nnc(COc2cc(C)c(Br)cc2C(C)C)n1C1CCCCC1. The smallest absolute Gasteiger partial charge is 0.234 e. The molecule has 1 aliphatic carbocycles. The third kappa shape index (κ3) is 6.91. The molecule has 9 heteroatoms. The highest BCUT2D eigenvalue weighted by molar-refractivity contribution is 9.10. The Morgan fingerprint density at radius 3 is 2.61 bits per heavy atom. The van der Waals surface area contributed by atoms with Crippen LogP contribution in [0.25, 0.3) is 0 Å². The number of nitrogens with zero attached hydrogens (tertiary/aromatic N) is 3. The molecule has 1 heterocycles. The van der Waals surface area contributed by atoms with E-state index in [4.69, 9.17) is 9.47 Å². The first kappa shape index (κ1) is 28.5. The van der Waals surface area contributed by atoms with Crippen molar-refractivity contribution in [3.05, 3.63) is 57.3 Å². The van der Waals surface area contributed by atoms with Crippen LogP contribution < -0.4 is 14.8 Å². The van der Waals surface area contributed by atoms with Gasteiger partial charge in [-0.05, 0) is 73.6 Å². The maximum atomic E-state index is 12.9. The number of aromatic nitrogens is 3.